The molecule has 3 aromatic rings. The molecule has 1 saturated heterocycles. The molecule has 0 aromatic heterocycles. The van der Waals surface area contributed by atoms with E-state index in [9.17, 15) is 25.0 Å². The van der Waals surface area contributed by atoms with Crippen molar-refractivity contribution >= 4 is 41.1 Å². The number of carbonyl (C=O) groups is 1. The van der Waals surface area contributed by atoms with Crippen LogP contribution in [-0.4, -0.2) is 61.1 Å². The number of rotatable bonds is 22. The lowest BCUT2D eigenvalue weighted by molar-refractivity contribution is -0.394. The van der Waals surface area contributed by atoms with Gasteiger partial charge >= 0.3 is 6.80 Å². The van der Waals surface area contributed by atoms with E-state index in [1.807, 2.05) is 20.8 Å². The average Bonchev–Trinajstić information content (AvgIpc) is 3.16. The molecule has 4 rings (SSSR count). The van der Waals surface area contributed by atoms with Crippen LogP contribution in [0.15, 0.2) is 66.7 Å². The summed E-state index contributed by atoms with van der Waals surface area (Å²) in [6.45, 7) is 4.59. The molecule has 54 heavy (non-hydrogen) atoms. The molecule has 17 heteroatoms. The van der Waals surface area contributed by atoms with Gasteiger partial charge in [0.2, 0.25) is 5.91 Å². The van der Waals surface area contributed by atoms with Crippen LogP contribution in [-0.2, 0) is 23.4 Å². The van der Waals surface area contributed by atoms with E-state index in [2.05, 4.69) is 0 Å². The zero-order chi connectivity index (χ0) is 39.1. The van der Waals surface area contributed by atoms with Crippen LogP contribution in [0, 0.1) is 20.2 Å². The summed E-state index contributed by atoms with van der Waals surface area (Å²) >= 11 is 0.484. The molecule has 1 fully saturated rings. The third kappa shape index (κ3) is 12.7. The normalized spacial score (nSPS) is 15.4. The number of ether oxygens (including phenoxy) is 4. The fraction of sp³-hybridized carbons (Fsp3) is 0.486. The van der Waals surface area contributed by atoms with Gasteiger partial charge in [-0.2, -0.15) is 0 Å². The van der Waals surface area contributed by atoms with Crippen LogP contribution in [0.3, 0.4) is 0 Å². The van der Waals surface area contributed by atoms with E-state index in [0.29, 0.717) is 67.8 Å². The summed E-state index contributed by atoms with van der Waals surface area (Å²) < 4.78 is 50.9. The predicted octanol–water partition coefficient (Wildman–Crippen LogP) is 9.43. The van der Waals surface area contributed by atoms with E-state index < -0.39 is 51.6 Å². The van der Waals surface area contributed by atoms with Crippen LogP contribution in [0.25, 0.3) is 0 Å². The van der Waals surface area contributed by atoms with Crippen molar-refractivity contribution in [2.45, 2.75) is 83.9 Å². The molecule has 3 aromatic carbocycles. The number of non-ortho nitro benzene ring substituents is 2. The zero-order valence-corrected chi connectivity index (χ0v) is 32.7. The molecular weight excluding hydrogens is 741 g/mol. The number of hydrogen-bond donors (Lipinski definition) is 0. The lowest BCUT2D eigenvalue weighted by Gasteiger charge is -2.33. The van der Waals surface area contributed by atoms with E-state index in [1.54, 1.807) is 55.5 Å². The van der Waals surface area contributed by atoms with Gasteiger partial charge in [0.05, 0.1) is 55.0 Å². The van der Waals surface area contributed by atoms with Gasteiger partial charge < -0.3 is 28.4 Å². The molecule has 294 valence electrons. The van der Waals surface area contributed by atoms with E-state index in [0.717, 1.165) is 43.9 Å². The van der Waals surface area contributed by atoms with E-state index in [4.69, 9.17) is 28.0 Å². The molecule has 3 unspecified atom stereocenters. The number of unbranched alkanes of at least 4 members (excludes halogenated alkanes) is 2. The van der Waals surface area contributed by atoms with Crippen LogP contribution in [0.5, 0.6) is 17.2 Å². The predicted molar refractivity (Wildman–Crippen MR) is 206 cm³/mol. The van der Waals surface area contributed by atoms with Crippen molar-refractivity contribution in [3.8, 4) is 17.2 Å². The van der Waals surface area contributed by atoms with Crippen molar-refractivity contribution in [3.63, 3.8) is 0 Å². The Kier molecular flexibility index (Phi) is 16.6. The highest BCUT2D eigenvalue weighted by molar-refractivity contribution is 8.55. The van der Waals surface area contributed by atoms with E-state index in [-0.39, 0.29) is 17.9 Å². The number of para-hydroxylation sites is 1. The quantitative estimate of drug-likeness (QED) is 0.0407. The molecule has 0 spiro atoms. The number of nitro groups is 2. The van der Waals surface area contributed by atoms with Gasteiger partial charge in [0, 0.05) is 36.0 Å². The van der Waals surface area contributed by atoms with Gasteiger partial charge in [-0.1, -0.05) is 51.8 Å². The minimum absolute atomic E-state index is 0.0646. The molecule has 0 saturated carbocycles. The summed E-state index contributed by atoms with van der Waals surface area (Å²) in [5.41, 5.74) is -1.01. The summed E-state index contributed by atoms with van der Waals surface area (Å²) in [5, 5.41) is 22.5. The van der Waals surface area contributed by atoms with Crippen molar-refractivity contribution in [1.82, 2.24) is 0 Å². The molecule has 3 atom stereocenters. The van der Waals surface area contributed by atoms with E-state index >= 15 is 4.57 Å². The second-order valence-corrected chi connectivity index (χ2v) is 16.4. The maximum atomic E-state index is 15.1. The number of carbonyl (C=O) groups excluding carboxylic acids is 1. The Labute approximate surface area is 319 Å². The second-order valence-electron chi connectivity index (χ2n) is 12.5. The lowest BCUT2D eigenvalue weighted by Crippen LogP contribution is -2.43. The third-order valence-electron chi connectivity index (χ3n) is 8.16. The highest BCUT2D eigenvalue weighted by Gasteiger charge is 2.42. The Bertz CT molecular complexity index is 1680. The second kappa shape index (κ2) is 21.0. The number of nitrogens with zero attached hydrogens (tertiary/aromatic N) is 3. The van der Waals surface area contributed by atoms with Crippen LogP contribution in [0.1, 0.15) is 77.0 Å². The fourth-order valence-corrected chi connectivity index (χ4v) is 9.36. The number of nitro benzene ring substituents is 2. The lowest BCUT2D eigenvalue weighted by atomic mass is 10.1. The molecule has 0 radical (unpaired) electrons. The maximum Gasteiger partial charge on any atom is 0.441 e. The highest BCUT2D eigenvalue weighted by Crippen LogP contribution is 2.66. The highest BCUT2D eigenvalue weighted by atomic mass is 32.7. The standard InChI is InChI=1S/C37H48N3O12PS/c1-5-8-16-47-32-23-33(48-17-9-6-2)25-34(24-32)52-53(46,51-27(4)7-3)54-36(28-20-30(39(42)43)22-31(21-28)40(44)45)37(41)38(29-14-11-10-12-15-29)26-35-49-18-13-19-50-35/h10-12,14-15,20-25,27,35-36H,5-9,13,16-19,26H2,1-4H3. The first-order valence-electron chi connectivity index (χ1n) is 18.1. The monoisotopic (exact) mass is 789 g/mol. The van der Waals surface area contributed by atoms with Gasteiger partial charge in [-0.25, -0.2) is 4.57 Å². The smallest absolute Gasteiger partial charge is 0.441 e. The summed E-state index contributed by atoms with van der Waals surface area (Å²) in [6.07, 6.45) is 2.98. The SMILES string of the molecule is CCCCOc1cc(OCCCC)cc(OP(=O)(OC(C)CC)SC(C(=O)N(CC2OCCCO2)c2ccccc2)c2cc([N+](=O)[O-])cc([N+](=O)[O-])c2)c1. The number of benzene rings is 3. The molecule has 1 aliphatic rings. The minimum Gasteiger partial charge on any atom is -0.493 e. The van der Waals surface area contributed by atoms with Gasteiger partial charge in [-0.15, -0.1) is 0 Å². The third-order valence-corrected chi connectivity index (χ3v) is 12.0. The van der Waals surface area contributed by atoms with Crippen LogP contribution in [0.2, 0.25) is 0 Å². The van der Waals surface area contributed by atoms with Crippen molar-refractivity contribution in [2.24, 2.45) is 0 Å². The molecule has 15 nitrogen and oxygen atoms in total. The van der Waals surface area contributed by atoms with Crippen LogP contribution in [0.4, 0.5) is 17.1 Å². The van der Waals surface area contributed by atoms with Gasteiger partial charge in [0.15, 0.2) is 6.29 Å². The molecule has 1 heterocycles. The molecular formula is C37H48N3O12PS. The maximum absolute atomic E-state index is 15.1. The van der Waals surface area contributed by atoms with Gasteiger partial charge in [0.1, 0.15) is 22.5 Å². The molecule has 0 aliphatic carbocycles. The van der Waals surface area contributed by atoms with Gasteiger partial charge in [0.25, 0.3) is 11.4 Å². The number of anilines is 1. The van der Waals surface area contributed by atoms with Crippen molar-refractivity contribution < 1.29 is 47.2 Å². The largest absolute Gasteiger partial charge is 0.493 e. The Morgan fingerprint density at radius 3 is 1.96 bits per heavy atom. The Balaban J connectivity index is 1.86. The minimum atomic E-state index is -4.49. The first-order chi connectivity index (χ1) is 25.9. The Morgan fingerprint density at radius 2 is 1.44 bits per heavy atom. The fourth-order valence-electron chi connectivity index (χ4n) is 5.15. The topological polar surface area (TPSA) is 179 Å². The van der Waals surface area contributed by atoms with Gasteiger partial charge in [-0.05, 0) is 61.7 Å². The van der Waals surface area contributed by atoms with Crippen molar-refractivity contribution in [2.75, 3.05) is 37.9 Å². The first kappa shape index (κ1) is 42.5. The molecule has 1 aliphatic heterocycles. The van der Waals surface area contributed by atoms with Gasteiger partial charge in [-0.3, -0.25) is 29.5 Å². The molecule has 0 bridgehead atoms. The number of hydrogen-bond acceptors (Lipinski definition) is 13. The summed E-state index contributed by atoms with van der Waals surface area (Å²) in [5.74, 6) is 0.139. The van der Waals surface area contributed by atoms with Crippen LogP contribution < -0.4 is 18.9 Å². The van der Waals surface area contributed by atoms with Crippen molar-refractivity contribution in [1.29, 1.82) is 0 Å². The van der Waals surface area contributed by atoms with Crippen molar-refractivity contribution in [3.05, 3.63) is 92.5 Å². The summed E-state index contributed by atoms with van der Waals surface area (Å²) in [7, 11) is 0. The summed E-state index contributed by atoms with van der Waals surface area (Å²) in [6, 6.07) is 16.2. The van der Waals surface area contributed by atoms with Crippen LogP contribution >= 0.6 is 18.2 Å². The average molecular weight is 790 g/mol. The van der Waals surface area contributed by atoms with E-state index in [1.165, 1.54) is 4.90 Å². The molecule has 1 amide bonds. The first-order valence-corrected chi connectivity index (χ1v) is 21.1. The number of amides is 1. The Morgan fingerprint density at radius 1 is 0.889 bits per heavy atom. The summed E-state index contributed by atoms with van der Waals surface area (Å²) in [4.78, 5) is 38.7. The molecule has 0 N–H and O–H groups in total. The zero-order valence-electron chi connectivity index (χ0n) is 31.0. The Hall–Kier alpha value is -4.21.